The van der Waals surface area contributed by atoms with Crippen LogP contribution in [0.2, 0.25) is 0 Å². The van der Waals surface area contributed by atoms with Crippen LogP contribution in [0.5, 0.6) is 0 Å². The Balaban J connectivity index is 2.38. The number of hydrogen-bond donors (Lipinski definition) is 0. The van der Waals surface area contributed by atoms with Crippen molar-refractivity contribution in [2.24, 2.45) is 5.92 Å². The number of ether oxygens (including phenoxy) is 2. The van der Waals surface area contributed by atoms with Gasteiger partial charge in [0.25, 0.3) is 0 Å². The monoisotopic (exact) mass is 142 g/mol. The zero-order valence-corrected chi connectivity index (χ0v) is 6.59. The van der Waals surface area contributed by atoms with Gasteiger partial charge in [-0.2, -0.15) is 0 Å². The molecule has 0 amide bonds. The number of hydrogen-bond acceptors (Lipinski definition) is 2. The van der Waals surface area contributed by atoms with E-state index in [0.29, 0.717) is 5.92 Å². The first-order valence-corrected chi connectivity index (χ1v) is 3.54. The Bertz CT molecular complexity index is 119. The van der Waals surface area contributed by atoms with E-state index in [2.05, 4.69) is 6.58 Å². The van der Waals surface area contributed by atoms with Crippen LogP contribution in [0.15, 0.2) is 12.7 Å². The maximum absolute atomic E-state index is 5.38. The standard InChI is InChI=1S/C8H14O2/c1-4-7-5-9-8(2,3)10-6-7/h4,7H,1,5-6H2,2-3H3. The second-order valence-corrected chi connectivity index (χ2v) is 3.02. The van der Waals surface area contributed by atoms with Crippen molar-refractivity contribution in [3.05, 3.63) is 12.7 Å². The number of rotatable bonds is 1. The molecular formula is C8H14O2. The molecule has 1 heterocycles. The minimum atomic E-state index is -0.389. The molecule has 2 heteroatoms. The first-order valence-electron chi connectivity index (χ1n) is 3.54. The summed E-state index contributed by atoms with van der Waals surface area (Å²) in [6.45, 7) is 8.98. The summed E-state index contributed by atoms with van der Waals surface area (Å²) in [5.41, 5.74) is 0. The molecule has 0 aliphatic carbocycles. The van der Waals surface area contributed by atoms with Gasteiger partial charge in [-0.05, 0) is 13.8 Å². The van der Waals surface area contributed by atoms with Gasteiger partial charge in [0.2, 0.25) is 0 Å². The zero-order valence-electron chi connectivity index (χ0n) is 6.59. The van der Waals surface area contributed by atoms with Crippen molar-refractivity contribution in [1.29, 1.82) is 0 Å². The topological polar surface area (TPSA) is 18.5 Å². The van der Waals surface area contributed by atoms with Gasteiger partial charge in [0.15, 0.2) is 5.79 Å². The highest BCUT2D eigenvalue weighted by Gasteiger charge is 2.26. The summed E-state index contributed by atoms with van der Waals surface area (Å²) in [4.78, 5) is 0. The Morgan fingerprint density at radius 1 is 1.40 bits per heavy atom. The van der Waals surface area contributed by atoms with Gasteiger partial charge in [-0.3, -0.25) is 0 Å². The SMILES string of the molecule is C=CC1COC(C)(C)OC1. The van der Waals surface area contributed by atoms with Crippen LogP contribution >= 0.6 is 0 Å². The molecule has 0 saturated carbocycles. The fourth-order valence-electron chi connectivity index (χ4n) is 0.841. The van der Waals surface area contributed by atoms with E-state index in [1.54, 1.807) is 0 Å². The Labute approximate surface area is 61.8 Å². The van der Waals surface area contributed by atoms with Gasteiger partial charge in [0.1, 0.15) is 0 Å². The van der Waals surface area contributed by atoms with Crippen LogP contribution < -0.4 is 0 Å². The molecule has 1 aliphatic heterocycles. The van der Waals surface area contributed by atoms with E-state index >= 15 is 0 Å². The predicted molar refractivity (Wildman–Crippen MR) is 39.7 cm³/mol. The molecular weight excluding hydrogens is 128 g/mol. The molecule has 58 valence electrons. The average Bonchev–Trinajstić information content (AvgIpc) is 1.88. The minimum absolute atomic E-state index is 0.369. The Morgan fingerprint density at radius 3 is 2.30 bits per heavy atom. The molecule has 1 fully saturated rings. The van der Waals surface area contributed by atoms with Crippen molar-refractivity contribution in [1.82, 2.24) is 0 Å². The molecule has 10 heavy (non-hydrogen) atoms. The van der Waals surface area contributed by atoms with Crippen molar-refractivity contribution >= 4 is 0 Å². The molecule has 0 aromatic rings. The van der Waals surface area contributed by atoms with Crippen molar-refractivity contribution in [3.8, 4) is 0 Å². The third kappa shape index (κ3) is 1.82. The first-order chi connectivity index (χ1) is 4.64. The summed E-state index contributed by atoms with van der Waals surface area (Å²) in [7, 11) is 0. The maximum Gasteiger partial charge on any atom is 0.162 e. The molecule has 0 aromatic heterocycles. The lowest BCUT2D eigenvalue weighted by atomic mass is 10.1. The zero-order chi connectivity index (χ0) is 7.61. The van der Waals surface area contributed by atoms with E-state index in [-0.39, 0.29) is 5.79 Å². The summed E-state index contributed by atoms with van der Waals surface area (Å²) in [6.07, 6.45) is 1.87. The molecule has 0 atom stereocenters. The highest BCUT2D eigenvalue weighted by Crippen LogP contribution is 2.20. The van der Waals surface area contributed by atoms with E-state index in [9.17, 15) is 0 Å². The molecule has 0 spiro atoms. The van der Waals surface area contributed by atoms with E-state index in [4.69, 9.17) is 9.47 Å². The van der Waals surface area contributed by atoms with Crippen LogP contribution in [0.25, 0.3) is 0 Å². The summed E-state index contributed by atoms with van der Waals surface area (Å²) >= 11 is 0. The molecule has 0 N–H and O–H groups in total. The van der Waals surface area contributed by atoms with Crippen LogP contribution in [0.4, 0.5) is 0 Å². The highest BCUT2D eigenvalue weighted by molar-refractivity contribution is 4.81. The molecule has 1 aliphatic rings. The van der Waals surface area contributed by atoms with Gasteiger partial charge in [-0.25, -0.2) is 0 Å². The van der Waals surface area contributed by atoms with Crippen molar-refractivity contribution in [2.45, 2.75) is 19.6 Å². The third-order valence-electron chi connectivity index (χ3n) is 1.62. The first kappa shape index (κ1) is 7.76. The van der Waals surface area contributed by atoms with Crippen LogP contribution in [0.1, 0.15) is 13.8 Å². The molecule has 0 bridgehead atoms. The highest BCUT2D eigenvalue weighted by atomic mass is 16.7. The van der Waals surface area contributed by atoms with Gasteiger partial charge in [-0.1, -0.05) is 6.08 Å². The minimum Gasteiger partial charge on any atom is -0.350 e. The van der Waals surface area contributed by atoms with Crippen molar-refractivity contribution in [3.63, 3.8) is 0 Å². The van der Waals surface area contributed by atoms with Crippen LogP contribution in [0.3, 0.4) is 0 Å². The second kappa shape index (κ2) is 2.72. The summed E-state index contributed by atoms with van der Waals surface area (Å²) < 4.78 is 10.8. The Kier molecular flexibility index (Phi) is 2.11. The lowest BCUT2D eigenvalue weighted by Crippen LogP contribution is -2.38. The normalized spacial score (nSPS) is 26.2. The predicted octanol–water partition coefficient (Wildman–Crippen LogP) is 1.57. The fourth-order valence-corrected chi connectivity index (χ4v) is 0.841. The smallest absolute Gasteiger partial charge is 0.162 e. The lowest BCUT2D eigenvalue weighted by molar-refractivity contribution is -0.256. The largest absolute Gasteiger partial charge is 0.350 e. The van der Waals surface area contributed by atoms with Gasteiger partial charge >= 0.3 is 0 Å². The lowest BCUT2D eigenvalue weighted by Gasteiger charge is -2.33. The maximum atomic E-state index is 5.38. The van der Waals surface area contributed by atoms with Crippen LogP contribution in [-0.4, -0.2) is 19.0 Å². The summed E-state index contributed by atoms with van der Waals surface area (Å²) in [5, 5.41) is 0. The van der Waals surface area contributed by atoms with Crippen LogP contribution in [-0.2, 0) is 9.47 Å². The molecule has 0 radical (unpaired) electrons. The van der Waals surface area contributed by atoms with Crippen LogP contribution in [0, 0.1) is 5.92 Å². The van der Waals surface area contributed by atoms with Gasteiger partial charge in [0.05, 0.1) is 13.2 Å². The van der Waals surface area contributed by atoms with Gasteiger partial charge in [0, 0.05) is 5.92 Å². The average molecular weight is 142 g/mol. The van der Waals surface area contributed by atoms with Gasteiger partial charge in [-0.15, -0.1) is 6.58 Å². The van der Waals surface area contributed by atoms with Crippen molar-refractivity contribution < 1.29 is 9.47 Å². The Morgan fingerprint density at radius 2 is 1.90 bits per heavy atom. The van der Waals surface area contributed by atoms with E-state index in [1.807, 2.05) is 19.9 Å². The molecule has 0 unspecified atom stereocenters. The van der Waals surface area contributed by atoms with Gasteiger partial charge < -0.3 is 9.47 Å². The Hall–Kier alpha value is -0.340. The second-order valence-electron chi connectivity index (χ2n) is 3.02. The summed E-state index contributed by atoms with van der Waals surface area (Å²) in [6, 6.07) is 0. The summed E-state index contributed by atoms with van der Waals surface area (Å²) in [5.74, 6) is -0.0208. The molecule has 2 nitrogen and oxygen atoms in total. The van der Waals surface area contributed by atoms with E-state index in [0.717, 1.165) is 13.2 Å². The quantitative estimate of drug-likeness (QED) is 0.517. The fraction of sp³-hybridized carbons (Fsp3) is 0.750. The van der Waals surface area contributed by atoms with Crippen molar-refractivity contribution in [2.75, 3.05) is 13.2 Å². The molecule has 0 aromatic carbocycles. The molecule has 1 rings (SSSR count). The van der Waals surface area contributed by atoms with E-state index in [1.165, 1.54) is 0 Å². The third-order valence-corrected chi connectivity index (χ3v) is 1.62. The molecule has 1 saturated heterocycles. The van der Waals surface area contributed by atoms with E-state index < -0.39 is 0 Å².